The monoisotopic (exact) mass is 635 g/mol. The molecule has 8 nitrogen and oxygen atoms in total. The molecule has 1 heterocycles. The van der Waals surface area contributed by atoms with Crippen LogP contribution in [0.4, 0.5) is 0 Å². The minimum Gasteiger partial charge on any atom is -0.494 e. The van der Waals surface area contributed by atoms with Gasteiger partial charge in [0.1, 0.15) is 5.75 Å². The zero-order valence-electron chi connectivity index (χ0n) is 23.6. The van der Waals surface area contributed by atoms with Gasteiger partial charge in [0.05, 0.1) is 12.2 Å². The molecule has 1 amide bonds. The fourth-order valence-corrected chi connectivity index (χ4v) is 5.87. The van der Waals surface area contributed by atoms with Crippen LogP contribution in [0.1, 0.15) is 61.3 Å². The molecule has 0 saturated heterocycles. The van der Waals surface area contributed by atoms with E-state index in [0.29, 0.717) is 43.9 Å². The van der Waals surface area contributed by atoms with Crippen LogP contribution in [0, 0.1) is 0 Å². The lowest BCUT2D eigenvalue weighted by molar-refractivity contribution is -0.130. The van der Waals surface area contributed by atoms with Gasteiger partial charge in [0, 0.05) is 36.0 Å². The van der Waals surface area contributed by atoms with Gasteiger partial charge >= 0.3 is 0 Å². The summed E-state index contributed by atoms with van der Waals surface area (Å²) in [5.41, 5.74) is 6.24. The Morgan fingerprint density at radius 1 is 1.00 bits per heavy atom. The Kier molecular flexibility index (Phi) is 9.95. The summed E-state index contributed by atoms with van der Waals surface area (Å²) in [4.78, 5) is 19.3. The number of aliphatic hydroxyl groups excluding tert-OH is 1. The van der Waals surface area contributed by atoms with E-state index < -0.39 is 17.2 Å². The number of nitrogens with zero attached hydrogens (tertiary/aromatic N) is 1. The topological polar surface area (TPSA) is 112 Å². The van der Waals surface area contributed by atoms with Crippen LogP contribution in [0.25, 0.3) is 0 Å². The van der Waals surface area contributed by atoms with E-state index in [1.165, 1.54) is 0 Å². The first-order valence-corrected chi connectivity index (χ1v) is 15.4. The smallest absolute Gasteiger partial charge is 0.266 e. The fraction of sp³-hybridized carbons (Fsp3) is 0.394. The third-order valence-electron chi connectivity index (χ3n) is 7.92. The summed E-state index contributed by atoms with van der Waals surface area (Å²) in [5.74, 6) is 0.704. The molecule has 4 N–H and O–H groups in total. The van der Waals surface area contributed by atoms with E-state index in [0.717, 1.165) is 40.4 Å². The molecule has 3 aromatic rings. The first-order chi connectivity index (χ1) is 20.4. The molecule has 1 fully saturated rings. The van der Waals surface area contributed by atoms with Gasteiger partial charge in [0.2, 0.25) is 5.90 Å². The molecule has 0 bridgehead atoms. The Morgan fingerprint density at radius 3 is 2.40 bits per heavy atom. The Morgan fingerprint density at radius 2 is 1.71 bits per heavy atom. The molecule has 5 rings (SSSR count). The molecular formula is C33H38BrN3O5. The molecule has 0 aromatic heterocycles. The number of nitrogens with one attached hydrogen (secondary N) is 2. The highest BCUT2D eigenvalue weighted by atomic mass is 79.9. The van der Waals surface area contributed by atoms with Crippen LogP contribution in [0.2, 0.25) is 0 Å². The number of carbonyl (C=O) groups is 1. The number of hydrogen-bond donors (Lipinski definition) is 4. The van der Waals surface area contributed by atoms with E-state index in [-0.39, 0.29) is 19.1 Å². The van der Waals surface area contributed by atoms with Gasteiger partial charge in [-0.15, -0.1) is 0 Å². The van der Waals surface area contributed by atoms with E-state index in [9.17, 15) is 9.90 Å². The van der Waals surface area contributed by atoms with Gasteiger partial charge in [-0.05, 0) is 60.4 Å². The highest BCUT2D eigenvalue weighted by Crippen LogP contribution is 2.42. The maximum Gasteiger partial charge on any atom is 0.266 e. The van der Waals surface area contributed by atoms with E-state index in [1.807, 2.05) is 78.9 Å². The fourth-order valence-electron chi connectivity index (χ4n) is 5.61. The largest absolute Gasteiger partial charge is 0.494 e. The van der Waals surface area contributed by atoms with Crippen molar-refractivity contribution in [3.05, 3.63) is 100 Å². The molecule has 3 aromatic carbocycles. The molecule has 1 aliphatic heterocycles. The third kappa shape index (κ3) is 7.21. The van der Waals surface area contributed by atoms with Gasteiger partial charge in [-0.1, -0.05) is 77.7 Å². The number of hydrogen-bond acceptors (Lipinski definition) is 7. The maximum absolute atomic E-state index is 14.3. The standard InChI is InChI=1S/C33H38BrN3O5/c34-27-14-10-24(11-15-27)22-33(31(39)37-35-23-32(40)18-5-2-6-19-32)29(25-8-3-1-4-9-25)42-30(36-33)26-12-16-28(17-13-26)41-21-7-20-38/h1,3-4,8-17,29,35,38,40H,2,5-7,18-23H2,(H,37,39)/t29-,33-/m0/s1. The van der Waals surface area contributed by atoms with Crippen LogP contribution in [-0.4, -0.2) is 52.9 Å². The predicted octanol–water partition coefficient (Wildman–Crippen LogP) is 5.03. The van der Waals surface area contributed by atoms with Crippen molar-refractivity contribution in [1.29, 1.82) is 0 Å². The van der Waals surface area contributed by atoms with E-state index in [1.54, 1.807) is 0 Å². The van der Waals surface area contributed by atoms with E-state index in [2.05, 4.69) is 26.8 Å². The molecule has 2 atom stereocenters. The van der Waals surface area contributed by atoms with Crippen LogP contribution < -0.4 is 15.6 Å². The van der Waals surface area contributed by atoms with E-state index >= 15 is 0 Å². The molecular weight excluding hydrogens is 598 g/mol. The van der Waals surface area contributed by atoms with Gasteiger partial charge in [-0.2, -0.15) is 0 Å². The number of aliphatic imine (C=N–C) groups is 1. The maximum atomic E-state index is 14.3. The number of ether oxygens (including phenoxy) is 2. The van der Waals surface area contributed by atoms with Gasteiger partial charge in [-0.25, -0.2) is 10.4 Å². The molecule has 42 heavy (non-hydrogen) atoms. The predicted molar refractivity (Wildman–Crippen MR) is 165 cm³/mol. The third-order valence-corrected chi connectivity index (χ3v) is 8.45. The molecule has 0 radical (unpaired) electrons. The number of aliphatic hydroxyl groups is 2. The zero-order chi connectivity index (χ0) is 29.4. The quantitative estimate of drug-likeness (QED) is 0.164. The molecule has 0 spiro atoms. The lowest BCUT2D eigenvalue weighted by Crippen LogP contribution is -2.56. The van der Waals surface area contributed by atoms with Crippen molar-refractivity contribution in [2.24, 2.45) is 4.99 Å². The average Bonchev–Trinajstić information content (AvgIpc) is 3.40. The number of halogens is 1. The second-order valence-electron chi connectivity index (χ2n) is 11.1. The first kappa shape index (κ1) is 30.2. The second-order valence-corrected chi connectivity index (χ2v) is 12.0. The van der Waals surface area contributed by atoms with Crippen molar-refractivity contribution in [2.45, 2.75) is 62.2 Å². The Hall–Kier alpha value is -3.24. The number of benzene rings is 3. The van der Waals surface area contributed by atoms with Crippen molar-refractivity contribution < 1.29 is 24.5 Å². The first-order valence-electron chi connectivity index (χ1n) is 14.6. The average molecular weight is 637 g/mol. The second kappa shape index (κ2) is 13.8. The molecule has 222 valence electrons. The molecule has 1 aliphatic carbocycles. The minimum atomic E-state index is -1.33. The number of amides is 1. The van der Waals surface area contributed by atoms with Crippen LogP contribution in [-0.2, 0) is 16.0 Å². The molecule has 2 aliphatic rings. The van der Waals surface area contributed by atoms with E-state index in [4.69, 9.17) is 19.6 Å². The number of rotatable bonds is 12. The molecule has 9 heteroatoms. The highest BCUT2D eigenvalue weighted by Gasteiger charge is 2.53. The Labute approximate surface area is 255 Å². The summed E-state index contributed by atoms with van der Waals surface area (Å²) >= 11 is 3.50. The normalized spacial score (nSPS) is 21.3. The summed E-state index contributed by atoms with van der Waals surface area (Å²) in [6.07, 6.45) is 4.63. The van der Waals surface area contributed by atoms with Crippen molar-refractivity contribution in [2.75, 3.05) is 19.8 Å². The summed E-state index contributed by atoms with van der Waals surface area (Å²) < 4.78 is 13.2. The Bertz CT molecular complexity index is 1340. The van der Waals surface area contributed by atoms with Crippen LogP contribution in [0.3, 0.4) is 0 Å². The SMILES string of the molecule is O=C(NNCC1(O)CCCCC1)[C@@]1(Cc2ccc(Br)cc2)N=C(c2ccc(OCCCO)cc2)O[C@H]1c1ccccc1. The molecule has 0 unspecified atom stereocenters. The van der Waals surface area contributed by atoms with Crippen LogP contribution >= 0.6 is 15.9 Å². The van der Waals surface area contributed by atoms with Crippen molar-refractivity contribution in [1.82, 2.24) is 10.9 Å². The summed E-state index contributed by atoms with van der Waals surface area (Å²) in [7, 11) is 0. The zero-order valence-corrected chi connectivity index (χ0v) is 25.2. The van der Waals surface area contributed by atoms with Gasteiger partial charge in [0.25, 0.3) is 5.91 Å². The van der Waals surface area contributed by atoms with Crippen molar-refractivity contribution in [3.63, 3.8) is 0 Å². The lowest BCUT2D eigenvalue weighted by Gasteiger charge is -2.34. The van der Waals surface area contributed by atoms with Crippen LogP contribution in [0.15, 0.2) is 88.3 Å². The van der Waals surface area contributed by atoms with Gasteiger partial charge in [0.15, 0.2) is 11.6 Å². The number of carbonyl (C=O) groups excluding carboxylic acids is 1. The van der Waals surface area contributed by atoms with Gasteiger partial charge in [-0.3, -0.25) is 10.2 Å². The summed E-state index contributed by atoms with van der Waals surface area (Å²) in [5, 5.41) is 20.0. The summed E-state index contributed by atoms with van der Waals surface area (Å²) in [6, 6.07) is 24.9. The molecule has 1 saturated carbocycles. The minimum absolute atomic E-state index is 0.0697. The summed E-state index contributed by atoms with van der Waals surface area (Å²) in [6.45, 7) is 0.751. The van der Waals surface area contributed by atoms with Crippen molar-refractivity contribution >= 4 is 27.7 Å². The van der Waals surface area contributed by atoms with Gasteiger partial charge < -0.3 is 19.7 Å². The Balaban J connectivity index is 1.48. The van der Waals surface area contributed by atoms with Crippen molar-refractivity contribution in [3.8, 4) is 5.75 Å². The lowest BCUT2D eigenvalue weighted by atomic mass is 9.82. The van der Waals surface area contributed by atoms with Crippen LogP contribution in [0.5, 0.6) is 5.75 Å². The highest BCUT2D eigenvalue weighted by molar-refractivity contribution is 9.10. The number of hydrazine groups is 1.